The first kappa shape index (κ1) is 13.3. The van der Waals surface area contributed by atoms with Crippen molar-refractivity contribution in [2.24, 2.45) is 5.16 Å². The first-order valence-electron chi connectivity index (χ1n) is 3.33. The van der Waals surface area contributed by atoms with Crippen LogP contribution in [0.3, 0.4) is 0 Å². The van der Waals surface area contributed by atoms with Crippen molar-refractivity contribution < 1.29 is 12.7 Å². The summed E-state index contributed by atoms with van der Waals surface area (Å²) in [7, 11) is -4.28. The van der Waals surface area contributed by atoms with E-state index in [1.54, 1.807) is 0 Å². The quantitative estimate of drug-likeness (QED) is 0.447. The standard InChI is InChI=1S/C5H8Cl3NO3S/c1-2-3-4-9-12-13(10,11)5(6,7)8/h4H,2-3H2,1H3. The fraction of sp³-hybridized carbons (Fsp3) is 0.800. The molecule has 0 aromatic rings. The number of nitrogens with zero attached hydrogens (tertiary/aromatic N) is 1. The number of hydrogen-bond donors (Lipinski definition) is 0. The maximum atomic E-state index is 10.9. The fourth-order valence-corrected chi connectivity index (χ4v) is 0.823. The largest absolute Gasteiger partial charge is 0.378 e. The molecule has 0 aromatic heterocycles. The Balaban J connectivity index is 4.22. The molecule has 8 heteroatoms. The van der Waals surface area contributed by atoms with Crippen LogP contribution in [-0.4, -0.2) is 17.8 Å². The van der Waals surface area contributed by atoms with E-state index in [2.05, 4.69) is 9.44 Å². The van der Waals surface area contributed by atoms with Gasteiger partial charge in [0.1, 0.15) is 0 Å². The molecule has 0 atom stereocenters. The minimum absolute atomic E-state index is 0.593. The van der Waals surface area contributed by atoms with Gasteiger partial charge in [-0.25, -0.2) is 0 Å². The second-order valence-corrected chi connectivity index (χ2v) is 6.67. The summed E-state index contributed by atoms with van der Waals surface area (Å²) in [6, 6.07) is 0. The summed E-state index contributed by atoms with van der Waals surface area (Å²) in [5, 5.41) is 3.13. The highest BCUT2D eigenvalue weighted by Gasteiger charge is 2.40. The maximum absolute atomic E-state index is 10.9. The molecule has 0 N–H and O–H groups in total. The monoisotopic (exact) mass is 267 g/mol. The van der Waals surface area contributed by atoms with Crippen molar-refractivity contribution in [3.8, 4) is 0 Å². The molecule has 4 nitrogen and oxygen atoms in total. The van der Waals surface area contributed by atoms with E-state index in [1.807, 2.05) is 6.92 Å². The Morgan fingerprint density at radius 1 is 1.46 bits per heavy atom. The predicted octanol–water partition coefficient (Wildman–Crippen LogP) is 2.45. The van der Waals surface area contributed by atoms with E-state index in [0.29, 0.717) is 6.42 Å². The molecule has 0 aliphatic heterocycles. The van der Waals surface area contributed by atoms with Gasteiger partial charge in [0.05, 0.1) is 0 Å². The number of halogens is 3. The van der Waals surface area contributed by atoms with E-state index in [0.717, 1.165) is 6.42 Å². The Labute approximate surface area is 91.9 Å². The number of rotatable bonds is 4. The number of unbranched alkanes of at least 4 members (excludes halogenated alkanes) is 1. The van der Waals surface area contributed by atoms with Crippen molar-refractivity contribution in [3.63, 3.8) is 0 Å². The molecule has 78 valence electrons. The molecule has 0 bridgehead atoms. The Morgan fingerprint density at radius 2 is 2.00 bits per heavy atom. The second-order valence-electron chi connectivity index (χ2n) is 2.05. The molecule has 0 aliphatic rings. The minimum Gasteiger partial charge on any atom is -0.266 e. The summed E-state index contributed by atoms with van der Waals surface area (Å²) in [4.78, 5) is 0. The summed E-state index contributed by atoms with van der Waals surface area (Å²) in [5.41, 5.74) is 0. The highest BCUT2D eigenvalue weighted by Crippen LogP contribution is 2.33. The molecule has 0 aromatic carbocycles. The van der Waals surface area contributed by atoms with Gasteiger partial charge in [-0.1, -0.05) is 53.3 Å². The SMILES string of the molecule is CCCC=NOS(=O)(=O)C(Cl)(Cl)Cl. The van der Waals surface area contributed by atoms with Gasteiger partial charge < -0.3 is 0 Å². The highest BCUT2D eigenvalue weighted by atomic mass is 35.6. The average molecular weight is 269 g/mol. The first-order chi connectivity index (χ1) is 5.81. The van der Waals surface area contributed by atoms with Crippen LogP contribution in [0.1, 0.15) is 19.8 Å². The molecule has 0 saturated carbocycles. The lowest BCUT2D eigenvalue weighted by atomic mass is 10.4. The van der Waals surface area contributed by atoms with Crippen LogP contribution in [0.25, 0.3) is 0 Å². The van der Waals surface area contributed by atoms with Crippen LogP contribution >= 0.6 is 34.8 Å². The van der Waals surface area contributed by atoms with Crippen LogP contribution in [0.4, 0.5) is 0 Å². The summed E-state index contributed by atoms with van der Waals surface area (Å²) in [5.74, 6) is 0. The number of hydrogen-bond acceptors (Lipinski definition) is 4. The summed E-state index contributed by atoms with van der Waals surface area (Å²) in [6.07, 6.45) is 2.70. The van der Waals surface area contributed by atoms with E-state index in [9.17, 15) is 8.42 Å². The van der Waals surface area contributed by atoms with Crippen LogP contribution in [0.2, 0.25) is 0 Å². The third kappa shape index (κ3) is 4.90. The Bertz CT molecular complexity index is 269. The van der Waals surface area contributed by atoms with E-state index in [-0.39, 0.29) is 0 Å². The van der Waals surface area contributed by atoms with Gasteiger partial charge in [-0.15, -0.1) is 0 Å². The fourth-order valence-electron chi connectivity index (χ4n) is 0.311. The molecule has 0 unspecified atom stereocenters. The predicted molar refractivity (Wildman–Crippen MR) is 53.7 cm³/mol. The molecule has 0 aliphatic carbocycles. The van der Waals surface area contributed by atoms with Crippen LogP contribution in [0, 0.1) is 0 Å². The van der Waals surface area contributed by atoms with Crippen LogP contribution in [0.5, 0.6) is 0 Å². The van der Waals surface area contributed by atoms with E-state index in [1.165, 1.54) is 6.21 Å². The molecule has 0 radical (unpaired) electrons. The summed E-state index contributed by atoms with van der Waals surface area (Å²) < 4.78 is 23.3. The van der Waals surface area contributed by atoms with Crippen molar-refractivity contribution in [1.29, 1.82) is 0 Å². The topological polar surface area (TPSA) is 55.7 Å². The smallest absolute Gasteiger partial charge is 0.266 e. The van der Waals surface area contributed by atoms with Crippen LogP contribution < -0.4 is 0 Å². The van der Waals surface area contributed by atoms with Crippen molar-refractivity contribution in [3.05, 3.63) is 0 Å². The molecule has 0 fully saturated rings. The molecule has 13 heavy (non-hydrogen) atoms. The van der Waals surface area contributed by atoms with Gasteiger partial charge in [-0.3, -0.25) is 4.28 Å². The molecular formula is C5H8Cl3NO3S. The zero-order chi connectivity index (χ0) is 10.5. The molecule has 0 saturated heterocycles. The van der Waals surface area contributed by atoms with Gasteiger partial charge in [-0.05, 0) is 6.42 Å². The number of alkyl halides is 3. The molecular weight excluding hydrogens is 260 g/mol. The van der Waals surface area contributed by atoms with Gasteiger partial charge in [0.15, 0.2) is 0 Å². The molecule has 0 spiro atoms. The van der Waals surface area contributed by atoms with Gasteiger partial charge >= 0.3 is 13.2 Å². The molecule has 0 amide bonds. The molecule has 0 rings (SSSR count). The van der Waals surface area contributed by atoms with Gasteiger partial charge in [0, 0.05) is 6.21 Å². The number of oxime groups is 1. The average Bonchev–Trinajstić information content (AvgIpc) is 1.96. The Hall–Kier alpha value is 0.290. The van der Waals surface area contributed by atoms with Gasteiger partial charge in [0.25, 0.3) is 0 Å². The zero-order valence-corrected chi connectivity index (χ0v) is 9.79. The highest BCUT2D eigenvalue weighted by molar-refractivity contribution is 7.92. The third-order valence-corrected chi connectivity index (χ3v) is 3.47. The van der Waals surface area contributed by atoms with Crippen molar-refractivity contribution in [2.45, 2.75) is 22.9 Å². The van der Waals surface area contributed by atoms with E-state index in [4.69, 9.17) is 34.8 Å². The Morgan fingerprint density at radius 3 is 2.38 bits per heavy atom. The minimum atomic E-state index is -4.28. The second kappa shape index (κ2) is 5.24. The maximum Gasteiger partial charge on any atom is 0.378 e. The lowest BCUT2D eigenvalue weighted by molar-refractivity contribution is 0.340. The van der Waals surface area contributed by atoms with E-state index < -0.39 is 13.2 Å². The first-order valence-corrected chi connectivity index (χ1v) is 5.87. The summed E-state index contributed by atoms with van der Waals surface area (Å²) >= 11 is 15.2. The summed E-state index contributed by atoms with van der Waals surface area (Å²) in [6.45, 7) is 1.90. The zero-order valence-electron chi connectivity index (χ0n) is 6.71. The third-order valence-electron chi connectivity index (χ3n) is 0.917. The normalized spacial score (nSPS) is 13.5. The van der Waals surface area contributed by atoms with Crippen molar-refractivity contribution in [2.75, 3.05) is 0 Å². The lowest BCUT2D eigenvalue weighted by Gasteiger charge is -2.07. The van der Waals surface area contributed by atoms with Gasteiger partial charge in [-0.2, -0.15) is 8.42 Å². The van der Waals surface area contributed by atoms with Crippen molar-refractivity contribution >= 4 is 51.1 Å². The molecule has 0 heterocycles. The Kier molecular flexibility index (Phi) is 5.36. The van der Waals surface area contributed by atoms with Crippen molar-refractivity contribution in [1.82, 2.24) is 0 Å². The lowest BCUT2D eigenvalue weighted by Crippen LogP contribution is -2.20. The van der Waals surface area contributed by atoms with E-state index >= 15 is 0 Å². The van der Waals surface area contributed by atoms with Crippen LogP contribution in [-0.2, 0) is 14.4 Å². The van der Waals surface area contributed by atoms with Gasteiger partial charge in [0.2, 0.25) is 0 Å². The van der Waals surface area contributed by atoms with Crippen LogP contribution in [0.15, 0.2) is 5.16 Å².